The van der Waals surface area contributed by atoms with Crippen LogP contribution in [-0.4, -0.2) is 44.0 Å². The summed E-state index contributed by atoms with van der Waals surface area (Å²) >= 11 is 0. The zero-order valence-electron chi connectivity index (χ0n) is 14.7. The third kappa shape index (κ3) is 3.26. The molecule has 0 aliphatic carbocycles. The highest BCUT2D eigenvalue weighted by Crippen LogP contribution is 2.25. The fourth-order valence-electron chi connectivity index (χ4n) is 2.67. The van der Waals surface area contributed by atoms with Crippen LogP contribution >= 0.6 is 0 Å². The van der Waals surface area contributed by atoms with E-state index < -0.39 is 9.84 Å². The molecule has 0 fully saturated rings. The Labute approximate surface area is 155 Å². The molecule has 0 atom stereocenters. The lowest BCUT2D eigenvalue weighted by Crippen LogP contribution is -2.05. The van der Waals surface area contributed by atoms with E-state index in [2.05, 4.69) is 30.6 Å². The van der Waals surface area contributed by atoms with Crippen LogP contribution in [0.25, 0.3) is 16.9 Å². The first kappa shape index (κ1) is 17.2. The molecule has 9 nitrogen and oxygen atoms in total. The van der Waals surface area contributed by atoms with Crippen LogP contribution in [0.3, 0.4) is 0 Å². The van der Waals surface area contributed by atoms with Gasteiger partial charge in [-0.15, -0.1) is 0 Å². The number of nitrogens with one attached hydrogen (secondary N) is 2. The topological polar surface area (TPSA) is 118 Å². The lowest BCUT2D eigenvalue weighted by Gasteiger charge is -2.09. The standard InChI is InChI=1S/C17H17N7O2S/c1-3-27(25,26)13-6-4-5-12(8-13)14-9-16-18-10-19-24(16)17(20-14)21-15-7-11(2)22-23-15/h4-10H,3H2,1-2H3,(H2,20,21,22,23). The molecule has 27 heavy (non-hydrogen) atoms. The van der Waals surface area contributed by atoms with Gasteiger partial charge in [-0.25, -0.2) is 18.4 Å². The van der Waals surface area contributed by atoms with Crippen molar-refractivity contribution in [3.05, 3.63) is 48.4 Å². The van der Waals surface area contributed by atoms with Crippen molar-refractivity contribution >= 4 is 27.3 Å². The second kappa shape index (κ2) is 6.47. The minimum absolute atomic E-state index is 0.0401. The Hall–Kier alpha value is -3.27. The molecule has 4 aromatic rings. The molecule has 0 aliphatic heterocycles. The maximum absolute atomic E-state index is 12.2. The molecule has 0 amide bonds. The van der Waals surface area contributed by atoms with Gasteiger partial charge >= 0.3 is 0 Å². The quantitative estimate of drug-likeness (QED) is 0.543. The summed E-state index contributed by atoms with van der Waals surface area (Å²) < 4.78 is 25.9. The Kier molecular flexibility index (Phi) is 4.11. The summed E-state index contributed by atoms with van der Waals surface area (Å²) in [6.45, 7) is 3.52. The van der Waals surface area contributed by atoms with Gasteiger partial charge in [0.1, 0.15) is 6.33 Å². The second-order valence-electron chi connectivity index (χ2n) is 5.99. The summed E-state index contributed by atoms with van der Waals surface area (Å²) in [7, 11) is -3.31. The SMILES string of the molecule is CCS(=O)(=O)c1cccc(-c2cc3ncnn3c(Nc3cc(C)[nH]n3)n2)c1. The summed E-state index contributed by atoms with van der Waals surface area (Å²) in [5.74, 6) is 1.06. The van der Waals surface area contributed by atoms with Crippen molar-refractivity contribution in [2.45, 2.75) is 18.7 Å². The number of sulfone groups is 1. The highest BCUT2D eigenvalue weighted by atomic mass is 32.2. The number of benzene rings is 1. The number of fused-ring (bicyclic) bond motifs is 1. The zero-order chi connectivity index (χ0) is 19.0. The van der Waals surface area contributed by atoms with E-state index in [-0.39, 0.29) is 10.6 Å². The Morgan fingerprint density at radius 2 is 2.07 bits per heavy atom. The van der Waals surface area contributed by atoms with E-state index in [1.807, 2.05) is 19.1 Å². The molecule has 138 valence electrons. The fourth-order valence-corrected chi connectivity index (χ4v) is 3.59. The summed E-state index contributed by atoms with van der Waals surface area (Å²) in [6.07, 6.45) is 1.43. The molecule has 10 heteroatoms. The number of rotatable bonds is 5. The molecule has 0 spiro atoms. The smallest absolute Gasteiger partial charge is 0.232 e. The predicted molar refractivity (Wildman–Crippen MR) is 101 cm³/mol. The van der Waals surface area contributed by atoms with Crippen molar-refractivity contribution in [1.82, 2.24) is 29.8 Å². The van der Waals surface area contributed by atoms with Crippen molar-refractivity contribution in [1.29, 1.82) is 0 Å². The van der Waals surface area contributed by atoms with Crippen LogP contribution in [0.1, 0.15) is 12.6 Å². The highest BCUT2D eigenvalue weighted by Gasteiger charge is 2.15. The van der Waals surface area contributed by atoms with Gasteiger partial charge in [0, 0.05) is 23.4 Å². The van der Waals surface area contributed by atoms with Crippen molar-refractivity contribution in [2.75, 3.05) is 11.1 Å². The van der Waals surface area contributed by atoms with Crippen molar-refractivity contribution in [3.63, 3.8) is 0 Å². The number of H-pyrrole nitrogens is 1. The molecule has 4 rings (SSSR count). The summed E-state index contributed by atoms with van der Waals surface area (Å²) in [5, 5.41) is 14.3. The van der Waals surface area contributed by atoms with Gasteiger partial charge in [0.25, 0.3) is 0 Å². The van der Waals surface area contributed by atoms with Gasteiger partial charge in [0.2, 0.25) is 5.95 Å². The van der Waals surface area contributed by atoms with Crippen LogP contribution < -0.4 is 5.32 Å². The number of anilines is 2. The van der Waals surface area contributed by atoms with Crippen molar-refractivity contribution in [2.24, 2.45) is 0 Å². The fraction of sp³-hybridized carbons (Fsp3) is 0.176. The molecule has 2 N–H and O–H groups in total. The van der Waals surface area contributed by atoms with Crippen LogP contribution in [0, 0.1) is 6.92 Å². The first-order valence-electron chi connectivity index (χ1n) is 8.29. The minimum atomic E-state index is -3.31. The van der Waals surface area contributed by atoms with E-state index in [0.717, 1.165) is 5.69 Å². The molecule has 3 aromatic heterocycles. The number of aromatic nitrogens is 6. The van der Waals surface area contributed by atoms with E-state index in [0.29, 0.717) is 28.7 Å². The van der Waals surface area contributed by atoms with Gasteiger partial charge in [-0.05, 0) is 19.1 Å². The Balaban J connectivity index is 1.82. The average Bonchev–Trinajstić information content (AvgIpc) is 3.30. The maximum Gasteiger partial charge on any atom is 0.232 e. The summed E-state index contributed by atoms with van der Waals surface area (Å²) in [5.41, 5.74) is 2.74. The first-order valence-corrected chi connectivity index (χ1v) is 9.94. The lowest BCUT2D eigenvalue weighted by atomic mass is 10.1. The van der Waals surface area contributed by atoms with E-state index in [1.54, 1.807) is 35.7 Å². The second-order valence-corrected chi connectivity index (χ2v) is 8.27. The largest absolute Gasteiger partial charge is 0.307 e. The first-order chi connectivity index (χ1) is 13.0. The Morgan fingerprint density at radius 3 is 2.81 bits per heavy atom. The Morgan fingerprint density at radius 1 is 1.22 bits per heavy atom. The van der Waals surface area contributed by atoms with Crippen molar-refractivity contribution in [3.8, 4) is 11.3 Å². The van der Waals surface area contributed by atoms with Crippen molar-refractivity contribution < 1.29 is 8.42 Å². The number of nitrogens with zero attached hydrogens (tertiary/aromatic N) is 5. The van der Waals surface area contributed by atoms with E-state index in [4.69, 9.17) is 0 Å². The molecule has 0 saturated carbocycles. The average molecular weight is 383 g/mol. The molecule has 0 saturated heterocycles. The molecular weight excluding hydrogens is 366 g/mol. The Bertz CT molecular complexity index is 1230. The van der Waals surface area contributed by atoms with Gasteiger partial charge in [-0.3, -0.25) is 5.10 Å². The van der Waals surface area contributed by atoms with Crippen LogP contribution in [0.15, 0.2) is 47.6 Å². The molecule has 0 aliphatic rings. The van der Waals surface area contributed by atoms with Gasteiger partial charge in [0.15, 0.2) is 21.3 Å². The molecule has 0 radical (unpaired) electrons. The van der Waals surface area contributed by atoms with Gasteiger partial charge in [0.05, 0.1) is 16.3 Å². The molecule has 0 bridgehead atoms. The highest BCUT2D eigenvalue weighted by molar-refractivity contribution is 7.91. The van der Waals surface area contributed by atoms with Crippen LogP contribution in [0.4, 0.5) is 11.8 Å². The normalized spacial score (nSPS) is 11.8. The van der Waals surface area contributed by atoms with Gasteiger partial charge in [-0.2, -0.15) is 14.7 Å². The van der Waals surface area contributed by atoms with E-state index in [1.165, 1.54) is 6.33 Å². The van der Waals surface area contributed by atoms with E-state index in [9.17, 15) is 8.42 Å². The molecular formula is C17H17N7O2S. The summed E-state index contributed by atoms with van der Waals surface area (Å²) in [6, 6.07) is 10.3. The minimum Gasteiger partial charge on any atom is -0.307 e. The number of hydrogen-bond donors (Lipinski definition) is 2. The lowest BCUT2D eigenvalue weighted by molar-refractivity contribution is 0.597. The van der Waals surface area contributed by atoms with Crippen LogP contribution in [0.5, 0.6) is 0 Å². The zero-order valence-corrected chi connectivity index (χ0v) is 15.5. The van der Waals surface area contributed by atoms with Crippen LogP contribution in [-0.2, 0) is 9.84 Å². The predicted octanol–water partition coefficient (Wildman–Crippen LogP) is 2.36. The summed E-state index contributed by atoms with van der Waals surface area (Å²) in [4.78, 5) is 9.09. The third-order valence-corrected chi connectivity index (χ3v) is 5.81. The molecule has 0 unspecified atom stereocenters. The van der Waals surface area contributed by atoms with Crippen LogP contribution in [0.2, 0.25) is 0 Å². The maximum atomic E-state index is 12.2. The number of hydrogen-bond acceptors (Lipinski definition) is 7. The van der Waals surface area contributed by atoms with E-state index >= 15 is 0 Å². The molecule has 3 heterocycles. The number of aryl methyl sites for hydroxylation is 1. The monoisotopic (exact) mass is 383 g/mol. The molecule has 1 aromatic carbocycles. The van der Waals surface area contributed by atoms with Gasteiger partial charge in [-0.1, -0.05) is 19.1 Å². The number of aromatic amines is 1. The third-order valence-electron chi connectivity index (χ3n) is 4.08. The van der Waals surface area contributed by atoms with Gasteiger partial charge < -0.3 is 5.32 Å².